The molecule has 1 aliphatic carbocycles. The lowest BCUT2D eigenvalue weighted by molar-refractivity contribution is 0.429. The molecule has 1 aliphatic rings. The molecule has 2 atom stereocenters. The van der Waals surface area contributed by atoms with Gasteiger partial charge in [0.25, 0.3) is 0 Å². The zero-order chi connectivity index (χ0) is 13.2. The summed E-state index contributed by atoms with van der Waals surface area (Å²) in [4.78, 5) is 0. The summed E-state index contributed by atoms with van der Waals surface area (Å²) < 4.78 is 26.8. The Morgan fingerprint density at radius 1 is 1.39 bits per heavy atom. The number of halogens is 2. The molecule has 1 nitrogen and oxygen atoms in total. The Labute approximate surface area is 108 Å². The van der Waals surface area contributed by atoms with Gasteiger partial charge in [-0.1, -0.05) is 19.9 Å². The van der Waals surface area contributed by atoms with Gasteiger partial charge in [-0.25, -0.2) is 8.78 Å². The van der Waals surface area contributed by atoms with Crippen LogP contribution >= 0.6 is 0 Å². The predicted octanol–water partition coefficient (Wildman–Crippen LogP) is 3.77. The molecule has 0 radical (unpaired) electrons. The van der Waals surface area contributed by atoms with Crippen molar-refractivity contribution in [3.8, 4) is 0 Å². The van der Waals surface area contributed by atoms with Crippen LogP contribution in [-0.2, 0) is 5.41 Å². The third kappa shape index (κ3) is 2.72. The maximum Gasteiger partial charge on any atom is 0.129 e. The molecule has 2 unspecified atom stereocenters. The second-order valence-electron chi connectivity index (χ2n) is 5.58. The molecule has 0 saturated heterocycles. The predicted molar refractivity (Wildman–Crippen MR) is 69.6 cm³/mol. The lowest BCUT2D eigenvalue weighted by Crippen LogP contribution is -2.29. The average molecular weight is 253 g/mol. The number of hydrogen-bond acceptors (Lipinski definition) is 1. The van der Waals surface area contributed by atoms with E-state index in [2.05, 4.69) is 19.2 Å². The van der Waals surface area contributed by atoms with E-state index in [1.54, 1.807) is 6.07 Å². The Hall–Kier alpha value is -0.960. The number of nitrogens with one attached hydrogen (secondary N) is 1. The van der Waals surface area contributed by atoms with Crippen molar-refractivity contribution in [2.45, 2.75) is 51.0 Å². The summed E-state index contributed by atoms with van der Waals surface area (Å²) in [6, 6.07) is 4.41. The van der Waals surface area contributed by atoms with Gasteiger partial charge < -0.3 is 5.32 Å². The van der Waals surface area contributed by atoms with Gasteiger partial charge in [-0.05, 0) is 49.3 Å². The van der Waals surface area contributed by atoms with Crippen molar-refractivity contribution >= 4 is 0 Å². The van der Waals surface area contributed by atoms with Gasteiger partial charge in [0, 0.05) is 12.1 Å². The van der Waals surface area contributed by atoms with E-state index >= 15 is 0 Å². The second-order valence-corrected chi connectivity index (χ2v) is 5.58. The smallest absolute Gasteiger partial charge is 0.129 e. The van der Waals surface area contributed by atoms with Crippen molar-refractivity contribution in [2.24, 2.45) is 0 Å². The van der Waals surface area contributed by atoms with Crippen molar-refractivity contribution < 1.29 is 8.78 Å². The molecule has 3 heteroatoms. The van der Waals surface area contributed by atoms with Gasteiger partial charge in [-0.15, -0.1) is 0 Å². The van der Waals surface area contributed by atoms with Gasteiger partial charge in [0.15, 0.2) is 0 Å². The minimum atomic E-state index is -0.501. The summed E-state index contributed by atoms with van der Waals surface area (Å²) >= 11 is 0. The molecule has 0 amide bonds. The van der Waals surface area contributed by atoms with E-state index in [0.717, 1.165) is 38.3 Å². The molecule has 2 rings (SSSR count). The standard InChI is InChI=1S/C15H21F2N/c1-3-8-18-12-6-7-15(2,10-12)13-5-4-11(16)9-14(13)17/h4-5,9,12,18H,3,6-8,10H2,1-2H3. The van der Waals surface area contributed by atoms with Gasteiger partial charge in [0.05, 0.1) is 0 Å². The second kappa shape index (κ2) is 5.35. The lowest BCUT2D eigenvalue weighted by Gasteiger charge is -2.25. The first-order valence-corrected chi connectivity index (χ1v) is 6.74. The topological polar surface area (TPSA) is 12.0 Å². The van der Waals surface area contributed by atoms with Gasteiger partial charge in [-0.3, -0.25) is 0 Å². The highest BCUT2D eigenvalue weighted by Crippen LogP contribution is 2.41. The maximum absolute atomic E-state index is 13.9. The van der Waals surface area contributed by atoms with Crippen molar-refractivity contribution in [2.75, 3.05) is 6.54 Å². The van der Waals surface area contributed by atoms with Crippen molar-refractivity contribution in [3.63, 3.8) is 0 Å². The average Bonchev–Trinajstić information content (AvgIpc) is 2.69. The minimum absolute atomic E-state index is 0.164. The summed E-state index contributed by atoms with van der Waals surface area (Å²) in [5, 5.41) is 3.49. The van der Waals surface area contributed by atoms with Gasteiger partial charge in [-0.2, -0.15) is 0 Å². The monoisotopic (exact) mass is 253 g/mol. The molecule has 0 bridgehead atoms. The van der Waals surface area contributed by atoms with Crippen LogP contribution in [0.4, 0.5) is 8.78 Å². The molecule has 18 heavy (non-hydrogen) atoms. The van der Waals surface area contributed by atoms with E-state index in [0.29, 0.717) is 11.6 Å². The number of hydrogen-bond donors (Lipinski definition) is 1. The molecule has 0 aliphatic heterocycles. The van der Waals surface area contributed by atoms with Gasteiger partial charge in [0.2, 0.25) is 0 Å². The normalized spacial score (nSPS) is 27.7. The van der Waals surface area contributed by atoms with Crippen LogP contribution in [0.15, 0.2) is 18.2 Å². The molecule has 0 aromatic heterocycles. The molecular weight excluding hydrogens is 232 g/mol. The van der Waals surface area contributed by atoms with Gasteiger partial charge >= 0.3 is 0 Å². The molecular formula is C15H21F2N. The van der Waals surface area contributed by atoms with Crippen LogP contribution < -0.4 is 5.32 Å². The Balaban J connectivity index is 2.12. The van der Waals surface area contributed by atoms with Crippen molar-refractivity contribution in [1.29, 1.82) is 0 Å². The largest absolute Gasteiger partial charge is 0.314 e. The van der Waals surface area contributed by atoms with E-state index in [9.17, 15) is 8.78 Å². The van der Waals surface area contributed by atoms with Crippen LogP contribution in [0.2, 0.25) is 0 Å². The number of benzene rings is 1. The molecule has 1 aromatic carbocycles. The maximum atomic E-state index is 13.9. The fourth-order valence-electron chi connectivity index (χ4n) is 2.99. The fraction of sp³-hybridized carbons (Fsp3) is 0.600. The van der Waals surface area contributed by atoms with E-state index in [1.165, 1.54) is 6.07 Å². The molecule has 0 spiro atoms. The highest BCUT2D eigenvalue weighted by molar-refractivity contribution is 5.28. The summed E-state index contributed by atoms with van der Waals surface area (Å²) in [5.41, 5.74) is 0.494. The first-order chi connectivity index (χ1) is 8.55. The first kappa shape index (κ1) is 13.5. The Kier molecular flexibility index (Phi) is 4.00. The Morgan fingerprint density at radius 2 is 2.17 bits per heavy atom. The molecule has 1 N–H and O–H groups in total. The SMILES string of the molecule is CCCNC1CCC(C)(c2ccc(F)cc2F)C1. The van der Waals surface area contributed by atoms with Crippen LogP contribution in [-0.4, -0.2) is 12.6 Å². The molecule has 0 heterocycles. The summed E-state index contributed by atoms with van der Waals surface area (Å²) in [5.74, 6) is -0.910. The van der Waals surface area contributed by atoms with E-state index < -0.39 is 11.6 Å². The summed E-state index contributed by atoms with van der Waals surface area (Å²) in [6.07, 6.45) is 4.05. The zero-order valence-electron chi connectivity index (χ0n) is 11.1. The van der Waals surface area contributed by atoms with E-state index in [1.807, 2.05) is 0 Å². The minimum Gasteiger partial charge on any atom is -0.314 e. The molecule has 1 fully saturated rings. The van der Waals surface area contributed by atoms with Crippen LogP contribution in [0.5, 0.6) is 0 Å². The van der Waals surface area contributed by atoms with Crippen LogP contribution in [0.25, 0.3) is 0 Å². The molecule has 100 valence electrons. The third-order valence-electron chi connectivity index (χ3n) is 4.01. The Bertz CT molecular complexity index is 419. The third-order valence-corrected chi connectivity index (χ3v) is 4.01. The zero-order valence-corrected chi connectivity index (χ0v) is 11.1. The molecule has 1 saturated carbocycles. The van der Waals surface area contributed by atoms with Gasteiger partial charge in [0.1, 0.15) is 11.6 Å². The quantitative estimate of drug-likeness (QED) is 0.861. The summed E-state index contributed by atoms with van der Waals surface area (Å²) in [6.45, 7) is 5.23. The van der Waals surface area contributed by atoms with Crippen LogP contribution in [0.3, 0.4) is 0 Å². The summed E-state index contributed by atoms with van der Waals surface area (Å²) in [7, 11) is 0. The number of rotatable bonds is 4. The van der Waals surface area contributed by atoms with E-state index in [-0.39, 0.29) is 5.41 Å². The highest BCUT2D eigenvalue weighted by atomic mass is 19.1. The van der Waals surface area contributed by atoms with Crippen molar-refractivity contribution in [1.82, 2.24) is 5.32 Å². The Morgan fingerprint density at radius 3 is 2.83 bits per heavy atom. The molecule has 1 aromatic rings. The van der Waals surface area contributed by atoms with E-state index in [4.69, 9.17) is 0 Å². The highest BCUT2D eigenvalue weighted by Gasteiger charge is 2.37. The fourth-order valence-corrected chi connectivity index (χ4v) is 2.99. The van der Waals surface area contributed by atoms with Crippen molar-refractivity contribution in [3.05, 3.63) is 35.4 Å². The first-order valence-electron chi connectivity index (χ1n) is 6.74. The lowest BCUT2D eigenvalue weighted by atomic mass is 9.80. The van der Waals surface area contributed by atoms with Crippen LogP contribution in [0, 0.1) is 11.6 Å². The van der Waals surface area contributed by atoms with Crippen LogP contribution in [0.1, 0.15) is 45.1 Å².